The summed E-state index contributed by atoms with van der Waals surface area (Å²) in [4.78, 5) is 0. The molecule has 0 aromatic heterocycles. The second-order valence-electron chi connectivity index (χ2n) is 7.98. The highest BCUT2D eigenvalue weighted by atomic mass is 14.5. The molecule has 0 heterocycles. The lowest BCUT2D eigenvalue weighted by atomic mass is 9.54. The highest BCUT2D eigenvalue weighted by Gasteiger charge is 2.45. The maximum absolute atomic E-state index is 1.64. The molecule has 0 nitrogen and oxygen atoms in total. The molecule has 5 fully saturated rings. The number of hydrogen-bond donors (Lipinski definition) is 0. The third-order valence-electron chi connectivity index (χ3n) is 7.28. The van der Waals surface area contributed by atoms with Gasteiger partial charge in [0.05, 0.1) is 0 Å². The zero-order chi connectivity index (χ0) is 11.9. The van der Waals surface area contributed by atoms with Crippen molar-refractivity contribution in [2.24, 2.45) is 35.5 Å². The van der Waals surface area contributed by atoms with Gasteiger partial charge in [-0.05, 0) is 67.6 Å². The highest BCUT2D eigenvalue weighted by Crippen LogP contribution is 2.55. The van der Waals surface area contributed by atoms with E-state index in [2.05, 4.69) is 0 Å². The van der Waals surface area contributed by atoms with Crippen molar-refractivity contribution >= 4 is 0 Å². The molecule has 5 aliphatic carbocycles. The summed E-state index contributed by atoms with van der Waals surface area (Å²) < 4.78 is 0. The molecule has 0 aromatic carbocycles. The predicted octanol–water partition coefficient (Wildman–Crippen LogP) is 5.42. The molecule has 0 saturated heterocycles. The molecule has 0 aromatic rings. The van der Waals surface area contributed by atoms with Crippen LogP contribution in [-0.4, -0.2) is 0 Å². The Balaban J connectivity index is 1.52. The predicted molar refractivity (Wildman–Crippen MR) is 76.3 cm³/mol. The van der Waals surface area contributed by atoms with Crippen molar-refractivity contribution in [1.82, 2.24) is 0 Å². The molecule has 102 valence electrons. The zero-order valence-corrected chi connectivity index (χ0v) is 11.9. The Morgan fingerprint density at radius 3 is 1.89 bits per heavy atom. The Morgan fingerprint density at radius 1 is 0.444 bits per heavy atom. The van der Waals surface area contributed by atoms with Gasteiger partial charge >= 0.3 is 0 Å². The Morgan fingerprint density at radius 2 is 1.11 bits per heavy atom. The van der Waals surface area contributed by atoms with E-state index in [1.807, 2.05) is 0 Å². The SMILES string of the molecule is C1CCC2C(C1)CCCC2C1CC2CCC1CC2. The van der Waals surface area contributed by atoms with Gasteiger partial charge in [-0.3, -0.25) is 0 Å². The van der Waals surface area contributed by atoms with Crippen LogP contribution in [0.25, 0.3) is 0 Å². The van der Waals surface area contributed by atoms with Crippen LogP contribution in [0.5, 0.6) is 0 Å². The second-order valence-corrected chi connectivity index (χ2v) is 7.98. The molecule has 0 aliphatic heterocycles. The minimum atomic E-state index is 1.14. The maximum atomic E-state index is 1.64. The molecule has 0 radical (unpaired) electrons. The van der Waals surface area contributed by atoms with E-state index in [4.69, 9.17) is 0 Å². The first-order chi connectivity index (χ1) is 8.92. The van der Waals surface area contributed by atoms with E-state index in [1.165, 1.54) is 5.92 Å². The van der Waals surface area contributed by atoms with Gasteiger partial charge < -0.3 is 0 Å². The average molecular weight is 246 g/mol. The van der Waals surface area contributed by atoms with Crippen molar-refractivity contribution in [3.8, 4) is 0 Å². The summed E-state index contributed by atoms with van der Waals surface area (Å²) in [5, 5.41) is 0. The van der Waals surface area contributed by atoms with Crippen molar-refractivity contribution in [3.63, 3.8) is 0 Å². The van der Waals surface area contributed by atoms with Crippen LogP contribution >= 0.6 is 0 Å². The van der Waals surface area contributed by atoms with E-state index in [0.29, 0.717) is 0 Å². The molecule has 4 atom stereocenters. The van der Waals surface area contributed by atoms with Gasteiger partial charge in [-0.2, -0.15) is 0 Å². The van der Waals surface area contributed by atoms with Gasteiger partial charge in [-0.1, -0.05) is 44.9 Å². The van der Waals surface area contributed by atoms with Gasteiger partial charge in [0, 0.05) is 0 Å². The van der Waals surface area contributed by atoms with Gasteiger partial charge in [0.2, 0.25) is 0 Å². The van der Waals surface area contributed by atoms with E-state index < -0.39 is 0 Å². The fraction of sp³-hybridized carbons (Fsp3) is 1.00. The van der Waals surface area contributed by atoms with E-state index in [1.54, 1.807) is 77.0 Å². The van der Waals surface area contributed by atoms with Crippen LogP contribution in [-0.2, 0) is 0 Å². The summed E-state index contributed by atoms with van der Waals surface area (Å²) in [6, 6.07) is 0. The summed E-state index contributed by atoms with van der Waals surface area (Å²) in [5.41, 5.74) is 0. The molecular weight excluding hydrogens is 216 g/mol. The van der Waals surface area contributed by atoms with Crippen LogP contribution in [0, 0.1) is 35.5 Å². The summed E-state index contributed by atoms with van der Waals surface area (Å²) in [6.45, 7) is 0. The second kappa shape index (κ2) is 4.84. The van der Waals surface area contributed by atoms with E-state index in [-0.39, 0.29) is 0 Å². The average Bonchev–Trinajstić information content (AvgIpc) is 2.48. The Hall–Kier alpha value is 0. The molecule has 5 aliphatic rings. The first-order valence-corrected chi connectivity index (χ1v) is 8.92. The van der Waals surface area contributed by atoms with Crippen LogP contribution < -0.4 is 0 Å². The summed E-state index contributed by atoms with van der Waals surface area (Å²) >= 11 is 0. The van der Waals surface area contributed by atoms with E-state index in [9.17, 15) is 0 Å². The highest BCUT2D eigenvalue weighted by molar-refractivity contribution is 4.95. The fourth-order valence-electron chi connectivity index (χ4n) is 6.47. The maximum Gasteiger partial charge on any atom is -0.0352 e. The fourth-order valence-corrected chi connectivity index (χ4v) is 6.47. The third kappa shape index (κ3) is 1.95. The van der Waals surface area contributed by atoms with Gasteiger partial charge in [0.1, 0.15) is 0 Å². The summed E-state index contributed by atoms with van der Waals surface area (Å²) in [5.74, 6) is 6.94. The van der Waals surface area contributed by atoms with Crippen LogP contribution in [0.2, 0.25) is 0 Å². The largest absolute Gasteiger partial charge is 0.0530 e. The molecule has 2 bridgehead atoms. The van der Waals surface area contributed by atoms with Gasteiger partial charge in [0.25, 0.3) is 0 Å². The number of rotatable bonds is 1. The molecule has 0 spiro atoms. The minimum Gasteiger partial charge on any atom is -0.0530 e. The van der Waals surface area contributed by atoms with Gasteiger partial charge in [-0.15, -0.1) is 0 Å². The number of hydrogen-bond acceptors (Lipinski definition) is 0. The minimum absolute atomic E-state index is 1.14. The smallest absolute Gasteiger partial charge is 0.0352 e. The van der Waals surface area contributed by atoms with E-state index >= 15 is 0 Å². The monoisotopic (exact) mass is 246 g/mol. The lowest BCUT2D eigenvalue weighted by molar-refractivity contribution is -0.0148. The third-order valence-corrected chi connectivity index (χ3v) is 7.28. The topological polar surface area (TPSA) is 0 Å². The Kier molecular flexibility index (Phi) is 3.17. The Bertz CT molecular complexity index is 284. The molecular formula is C18H30. The normalized spacial score (nSPS) is 52.0. The van der Waals surface area contributed by atoms with Crippen LogP contribution in [0.15, 0.2) is 0 Å². The van der Waals surface area contributed by atoms with Crippen LogP contribution in [0.4, 0.5) is 0 Å². The summed E-state index contributed by atoms with van der Waals surface area (Å²) in [7, 11) is 0. The van der Waals surface area contributed by atoms with Gasteiger partial charge in [-0.25, -0.2) is 0 Å². The molecule has 4 unspecified atom stereocenters. The molecule has 0 heteroatoms. The quantitative estimate of drug-likeness (QED) is 0.579. The van der Waals surface area contributed by atoms with Gasteiger partial charge in [0.15, 0.2) is 0 Å². The molecule has 5 rings (SSSR count). The van der Waals surface area contributed by atoms with E-state index in [0.717, 1.165) is 29.6 Å². The summed E-state index contributed by atoms with van der Waals surface area (Å²) in [6.07, 6.45) is 19.1. The first-order valence-electron chi connectivity index (χ1n) is 8.92. The lowest BCUT2D eigenvalue weighted by Crippen LogP contribution is -2.42. The standard InChI is InChI=1S/C18H30/c1-2-6-16-14(4-1)5-3-7-17(16)18-12-13-8-10-15(18)11-9-13/h13-18H,1-12H2. The molecule has 0 amide bonds. The van der Waals surface area contributed by atoms with Crippen molar-refractivity contribution in [2.45, 2.75) is 77.0 Å². The van der Waals surface area contributed by atoms with Crippen molar-refractivity contribution < 1.29 is 0 Å². The van der Waals surface area contributed by atoms with Crippen molar-refractivity contribution in [3.05, 3.63) is 0 Å². The number of fused-ring (bicyclic) bond motifs is 4. The van der Waals surface area contributed by atoms with Crippen LogP contribution in [0.1, 0.15) is 77.0 Å². The molecule has 0 N–H and O–H groups in total. The van der Waals surface area contributed by atoms with Crippen molar-refractivity contribution in [1.29, 1.82) is 0 Å². The zero-order valence-electron chi connectivity index (χ0n) is 11.9. The van der Waals surface area contributed by atoms with Crippen molar-refractivity contribution in [2.75, 3.05) is 0 Å². The molecule has 5 saturated carbocycles. The first kappa shape index (κ1) is 11.8. The van der Waals surface area contributed by atoms with Crippen LogP contribution in [0.3, 0.4) is 0 Å². The molecule has 18 heavy (non-hydrogen) atoms. The lowest BCUT2D eigenvalue weighted by Gasteiger charge is -2.52. The Labute approximate surface area is 113 Å².